The molecule has 0 bridgehead atoms. The standard InChI is InChI=1S/C17H19ClFN3O2/c1-4-15(21-23-3)12(2)8-10-24-17-7-9-22(20-17)16-6-5-13(18)11-14(16)19/h5-9,11H,4,10H2,1-3H3/b12-8+,21-15-. The molecule has 0 atom stereocenters. The van der Waals surface area contributed by atoms with Crippen molar-refractivity contribution in [2.75, 3.05) is 13.7 Å². The Kier molecular flexibility index (Phi) is 6.37. The van der Waals surface area contributed by atoms with Crippen LogP contribution < -0.4 is 4.74 Å². The maximum Gasteiger partial charge on any atom is 0.233 e. The maximum absolute atomic E-state index is 13.9. The lowest BCUT2D eigenvalue weighted by molar-refractivity contribution is 0.213. The van der Waals surface area contributed by atoms with Crippen molar-refractivity contribution in [1.82, 2.24) is 9.78 Å². The van der Waals surface area contributed by atoms with Crippen LogP contribution in [0.1, 0.15) is 20.3 Å². The molecule has 0 amide bonds. The predicted octanol–water partition coefficient (Wildman–Crippen LogP) is 4.40. The number of allylic oxidation sites excluding steroid dienone is 1. The van der Waals surface area contributed by atoms with E-state index < -0.39 is 5.82 Å². The Morgan fingerprint density at radius 1 is 1.42 bits per heavy atom. The first-order valence-electron chi connectivity index (χ1n) is 7.46. The van der Waals surface area contributed by atoms with E-state index in [0.717, 1.165) is 17.7 Å². The smallest absolute Gasteiger partial charge is 0.233 e. The largest absolute Gasteiger partial charge is 0.472 e. The van der Waals surface area contributed by atoms with Crippen LogP contribution >= 0.6 is 11.6 Å². The topological polar surface area (TPSA) is 48.6 Å². The van der Waals surface area contributed by atoms with E-state index in [1.165, 1.54) is 17.9 Å². The van der Waals surface area contributed by atoms with Gasteiger partial charge in [-0.2, -0.15) is 0 Å². The molecular formula is C17H19ClFN3O2. The minimum atomic E-state index is -0.448. The van der Waals surface area contributed by atoms with Crippen LogP contribution in [0.3, 0.4) is 0 Å². The lowest BCUT2D eigenvalue weighted by atomic mass is 10.1. The first kappa shape index (κ1) is 18.0. The number of ether oxygens (including phenoxy) is 1. The Morgan fingerprint density at radius 2 is 2.21 bits per heavy atom. The molecule has 0 N–H and O–H groups in total. The van der Waals surface area contributed by atoms with Gasteiger partial charge in [0.25, 0.3) is 0 Å². The van der Waals surface area contributed by atoms with E-state index in [0.29, 0.717) is 23.2 Å². The summed E-state index contributed by atoms with van der Waals surface area (Å²) in [5, 5.41) is 8.48. The molecule has 0 aliphatic heterocycles. The molecule has 5 nitrogen and oxygen atoms in total. The van der Waals surface area contributed by atoms with Crippen LogP contribution in [0.4, 0.5) is 4.39 Å². The zero-order valence-corrected chi connectivity index (χ0v) is 14.5. The fourth-order valence-electron chi connectivity index (χ4n) is 2.08. The minimum Gasteiger partial charge on any atom is -0.472 e. The quantitative estimate of drug-likeness (QED) is 0.548. The fourth-order valence-corrected chi connectivity index (χ4v) is 2.24. The molecular weight excluding hydrogens is 333 g/mol. The second-order valence-electron chi connectivity index (χ2n) is 4.97. The number of oxime groups is 1. The number of halogens is 2. The number of benzene rings is 1. The van der Waals surface area contributed by atoms with E-state index in [-0.39, 0.29) is 0 Å². The van der Waals surface area contributed by atoms with Crippen molar-refractivity contribution in [3.8, 4) is 11.6 Å². The highest BCUT2D eigenvalue weighted by Gasteiger charge is 2.08. The third kappa shape index (κ3) is 4.58. The highest BCUT2D eigenvalue weighted by atomic mass is 35.5. The molecule has 1 aromatic carbocycles. The van der Waals surface area contributed by atoms with E-state index in [2.05, 4.69) is 10.3 Å². The van der Waals surface area contributed by atoms with Crippen molar-refractivity contribution >= 4 is 17.3 Å². The highest BCUT2D eigenvalue weighted by Crippen LogP contribution is 2.19. The molecule has 0 spiro atoms. The Bertz CT molecular complexity index is 756. The zero-order valence-electron chi connectivity index (χ0n) is 13.8. The zero-order chi connectivity index (χ0) is 17.5. The van der Waals surface area contributed by atoms with Crippen LogP contribution in [-0.2, 0) is 4.84 Å². The summed E-state index contributed by atoms with van der Waals surface area (Å²) in [6.45, 7) is 4.26. The van der Waals surface area contributed by atoms with Gasteiger partial charge in [-0.3, -0.25) is 0 Å². The first-order chi connectivity index (χ1) is 11.5. The summed E-state index contributed by atoms with van der Waals surface area (Å²) in [5.74, 6) is -0.0496. The second-order valence-corrected chi connectivity index (χ2v) is 5.40. The molecule has 0 fully saturated rings. The average molecular weight is 352 g/mol. The molecule has 1 aromatic heterocycles. The van der Waals surface area contributed by atoms with Crippen molar-refractivity contribution in [1.29, 1.82) is 0 Å². The second kappa shape index (κ2) is 8.49. The summed E-state index contributed by atoms with van der Waals surface area (Å²) in [5.41, 5.74) is 2.14. The maximum atomic E-state index is 13.9. The van der Waals surface area contributed by atoms with E-state index >= 15 is 0 Å². The van der Waals surface area contributed by atoms with E-state index in [1.54, 1.807) is 24.4 Å². The third-order valence-corrected chi connectivity index (χ3v) is 3.57. The van der Waals surface area contributed by atoms with Gasteiger partial charge < -0.3 is 9.57 Å². The van der Waals surface area contributed by atoms with Crippen molar-refractivity contribution in [2.24, 2.45) is 5.16 Å². The molecule has 2 rings (SSSR count). The van der Waals surface area contributed by atoms with Gasteiger partial charge >= 0.3 is 0 Å². The van der Waals surface area contributed by atoms with Crippen LogP contribution in [0.25, 0.3) is 5.69 Å². The van der Waals surface area contributed by atoms with Crippen LogP contribution in [0.15, 0.2) is 47.3 Å². The molecule has 0 aliphatic rings. The van der Waals surface area contributed by atoms with Gasteiger partial charge in [0.15, 0.2) is 0 Å². The molecule has 0 radical (unpaired) electrons. The molecule has 0 saturated carbocycles. The first-order valence-corrected chi connectivity index (χ1v) is 7.84. The van der Waals surface area contributed by atoms with Crippen molar-refractivity contribution in [3.63, 3.8) is 0 Å². The number of nitrogens with zero attached hydrogens (tertiary/aromatic N) is 3. The Morgan fingerprint density at radius 3 is 2.88 bits per heavy atom. The summed E-state index contributed by atoms with van der Waals surface area (Å²) in [6.07, 6.45) is 4.28. The summed E-state index contributed by atoms with van der Waals surface area (Å²) in [4.78, 5) is 4.80. The SMILES string of the molecule is CCC(=N/OC)/C(C)=C/COc1ccn(-c2ccc(Cl)cc2F)n1. The van der Waals surface area contributed by atoms with Gasteiger partial charge in [-0.25, -0.2) is 9.07 Å². The van der Waals surface area contributed by atoms with Gasteiger partial charge in [-0.1, -0.05) is 23.7 Å². The van der Waals surface area contributed by atoms with Gasteiger partial charge in [0.05, 0.1) is 5.71 Å². The number of rotatable bonds is 7. The summed E-state index contributed by atoms with van der Waals surface area (Å²) in [6, 6.07) is 6.08. The molecule has 0 aliphatic carbocycles. The van der Waals surface area contributed by atoms with Crippen LogP contribution in [0, 0.1) is 5.82 Å². The van der Waals surface area contributed by atoms with Gasteiger partial charge in [-0.05, 0) is 43.2 Å². The van der Waals surface area contributed by atoms with E-state index in [4.69, 9.17) is 21.2 Å². The van der Waals surface area contributed by atoms with Gasteiger partial charge in [0.1, 0.15) is 25.2 Å². The summed E-state index contributed by atoms with van der Waals surface area (Å²) < 4.78 is 20.8. The number of hydrogen-bond acceptors (Lipinski definition) is 4. The van der Waals surface area contributed by atoms with Crippen LogP contribution in [-0.4, -0.2) is 29.2 Å². The van der Waals surface area contributed by atoms with Gasteiger partial charge in [-0.15, -0.1) is 5.10 Å². The molecule has 128 valence electrons. The van der Waals surface area contributed by atoms with E-state index in [1.807, 2.05) is 19.9 Å². The molecule has 0 unspecified atom stereocenters. The monoisotopic (exact) mass is 351 g/mol. The molecule has 7 heteroatoms. The van der Waals surface area contributed by atoms with Crippen molar-refractivity contribution < 1.29 is 14.0 Å². The molecule has 2 aromatic rings. The highest BCUT2D eigenvalue weighted by molar-refractivity contribution is 6.30. The predicted molar refractivity (Wildman–Crippen MR) is 92.5 cm³/mol. The van der Waals surface area contributed by atoms with Crippen molar-refractivity contribution in [2.45, 2.75) is 20.3 Å². The molecule has 24 heavy (non-hydrogen) atoms. The summed E-state index contributed by atoms with van der Waals surface area (Å²) >= 11 is 5.75. The molecule has 1 heterocycles. The van der Waals surface area contributed by atoms with Crippen LogP contribution in [0.5, 0.6) is 5.88 Å². The van der Waals surface area contributed by atoms with Gasteiger partial charge in [0.2, 0.25) is 5.88 Å². The van der Waals surface area contributed by atoms with Gasteiger partial charge in [0, 0.05) is 17.3 Å². The van der Waals surface area contributed by atoms with Crippen LogP contribution in [0.2, 0.25) is 5.02 Å². The summed E-state index contributed by atoms with van der Waals surface area (Å²) in [7, 11) is 1.52. The number of aromatic nitrogens is 2. The Balaban J connectivity index is 2.03. The normalized spacial score (nSPS) is 12.4. The van der Waals surface area contributed by atoms with E-state index in [9.17, 15) is 4.39 Å². The Hall–Kier alpha value is -2.34. The number of hydrogen-bond donors (Lipinski definition) is 0. The molecule has 0 saturated heterocycles. The van der Waals surface area contributed by atoms with Crippen molar-refractivity contribution in [3.05, 3.63) is 53.0 Å². The minimum absolute atomic E-state index is 0.307. The lowest BCUT2D eigenvalue weighted by Crippen LogP contribution is -2.03. The fraction of sp³-hybridized carbons (Fsp3) is 0.294. The average Bonchev–Trinajstić information content (AvgIpc) is 3.01. The Labute approximate surface area is 145 Å². The third-order valence-electron chi connectivity index (χ3n) is 3.33. The lowest BCUT2D eigenvalue weighted by Gasteiger charge is -2.05.